The van der Waals surface area contributed by atoms with Crippen molar-refractivity contribution < 1.29 is 17.6 Å². The SMILES string of the molecule is NC(=O)CNS(=O)(=O)c1ccc(Br)cc1F. The van der Waals surface area contributed by atoms with Gasteiger partial charge in [0.2, 0.25) is 15.9 Å². The molecule has 1 rings (SSSR count). The molecule has 0 saturated carbocycles. The van der Waals surface area contributed by atoms with Gasteiger partial charge in [0, 0.05) is 4.47 Å². The van der Waals surface area contributed by atoms with Crippen molar-refractivity contribution in [2.45, 2.75) is 4.90 Å². The Bertz CT molecular complexity index is 518. The summed E-state index contributed by atoms with van der Waals surface area (Å²) >= 11 is 3.00. The van der Waals surface area contributed by atoms with E-state index >= 15 is 0 Å². The van der Waals surface area contributed by atoms with E-state index in [1.165, 1.54) is 6.07 Å². The highest BCUT2D eigenvalue weighted by atomic mass is 79.9. The van der Waals surface area contributed by atoms with Gasteiger partial charge in [0.1, 0.15) is 10.7 Å². The number of primary amides is 1. The van der Waals surface area contributed by atoms with Crippen LogP contribution in [0.2, 0.25) is 0 Å². The van der Waals surface area contributed by atoms with E-state index in [1.54, 1.807) is 0 Å². The summed E-state index contributed by atoms with van der Waals surface area (Å²) < 4.78 is 38.6. The number of halogens is 2. The van der Waals surface area contributed by atoms with Gasteiger partial charge in [-0.1, -0.05) is 15.9 Å². The minimum atomic E-state index is -4.05. The molecule has 3 N–H and O–H groups in total. The van der Waals surface area contributed by atoms with Crippen LogP contribution in [0.15, 0.2) is 27.6 Å². The van der Waals surface area contributed by atoms with Gasteiger partial charge >= 0.3 is 0 Å². The van der Waals surface area contributed by atoms with E-state index in [1.807, 2.05) is 4.72 Å². The number of nitrogens with one attached hydrogen (secondary N) is 1. The summed E-state index contributed by atoms with van der Waals surface area (Å²) in [5, 5.41) is 0. The summed E-state index contributed by atoms with van der Waals surface area (Å²) in [6.07, 6.45) is 0. The molecule has 0 saturated heterocycles. The van der Waals surface area contributed by atoms with E-state index in [9.17, 15) is 17.6 Å². The zero-order valence-corrected chi connectivity index (χ0v) is 10.3. The minimum Gasteiger partial charge on any atom is -0.369 e. The van der Waals surface area contributed by atoms with E-state index in [0.29, 0.717) is 4.47 Å². The van der Waals surface area contributed by atoms with Gasteiger partial charge in [-0.05, 0) is 18.2 Å². The lowest BCUT2D eigenvalue weighted by Crippen LogP contribution is -2.33. The van der Waals surface area contributed by atoms with E-state index in [2.05, 4.69) is 15.9 Å². The molecule has 0 spiro atoms. The Labute approximate surface area is 100 Å². The topological polar surface area (TPSA) is 89.3 Å². The zero-order chi connectivity index (χ0) is 12.3. The highest BCUT2D eigenvalue weighted by Gasteiger charge is 2.19. The predicted octanol–water partition coefficient (Wildman–Crippen LogP) is 0.352. The molecular weight excluding hydrogens is 303 g/mol. The maximum Gasteiger partial charge on any atom is 0.243 e. The van der Waals surface area contributed by atoms with Crippen molar-refractivity contribution >= 4 is 31.9 Å². The first-order valence-corrected chi connectivity index (χ1v) is 6.33. The third-order valence-corrected chi connectivity index (χ3v) is 3.55. The van der Waals surface area contributed by atoms with Crippen molar-refractivity contribution in [2.24, 2.45) is 5.73 Å². The minimum absolute atomic E-state index is 0.416. The standard InChI is InChI=1S/C8H8BrFN2O3S/c9-5-1-2-7(6(10)3-5)16(14,15)12-4-8(11)13/h1-3,12H,4H2,(H2,11,13). The maximum atomic E-state index is 13.3. The molecule has 0 atom stereocenters. The van der Waals surface area contributed by atoms with Gasteiger partial charge in [-0.2, -0.15) is 0 Å². The Kier molecular flexibility index (Phi) is 4.00. The molecule has 0 fully saturated rings. The molecule has 0 aliphatic carbocycles. The number of benzene rings is 1. The fourth-order valence-electron chi connectivity index (χ4n) is 0.937. The number of carbonyl (C=O) groups excluding carboxylic acids is 1. The second kappa shape index (κ2) is 4.89. The number of carbonyl (C=O) groups is 1. The van der Waals surface area contributed by atoms with Crippen LogP contribution in [-0.2, 0) is 14.8 Å². The predicted molar refractivity (Wildman–Crippen MR) is 58.5 cm³/mol. The smallest absolute Gasteiger partial charge is 0.243 e. The number of amides is 1. The number of hydrogen-bond donors (Lipinski definition) is 2. The van der Waals surface area contributed by atoms with E-state index < -0.39 is 33.2 Å². The third kappa shape index (κ3) is 3.26. The van der Waals surface area contributed by atoms with Crippen molar-refractivity contribution in [3.8, 4) is 0 Å². The second-order valence-electron chi connectivity index (χ2n) is 2.87. The van der Waals surface area contributed by atoms with Crippen LogP contribution in [0.25, 0.3) is 0 Å². The highest BCUT2D eigenvalue weighted by molar-refractivity contribution is 9.10. The van der Waals surface area contributed by atoms with Gasteiger partial charge in [-0.25, -0.2) is 17.5 Å². The average Bonchev–Trinajstić information content (AvgIpc) is 2.14. The average molecular weight is 311 g/mol. The lowest BCUT2D eigenvalue weighted by atomic mass is 10.3. The largest absolute Gasteiger partial charge is 0.369 e. The molecule has 0 unspecified atom stereocenters. The Balaban J connectivity index is 3.03. The van der Waals surface area contributed by atoms with Crippen molar-refractivity contribution in [3.05, 3.63) is 28.5 Å². The van der Waals surface area contributed by atoms with Crippen molar-refractivity contribution in [2.75, 3.05) is 6.54 Å². The molecule has 0 bridgehead atoms. The molecule has 16 heavy (non-hydrogen) atoms. The molecule has 0 heterocycles. The number of rotatable bonds is 4. The number of sulfonamides is 1. The lowest BCUT2D eigenvalue weighted by molar-refractivity contribution is -0.116. The molecule has 5 nitrogen and oxygen atoms in total. The van der Waals surface area contributed by atoms with Crippen LogP contribution < -0.4 is 10.5 Å². The fourth-order valence-corrected chi connectivity index (χ4v) is 2.32. The molecule has 8 heteroatoms. The maximum absolute atomic E-state index is 13.3. The highest BCUT2D eigenvalue weighted by Crippen LogP contribution is 2.18. The fraction of sp³-hybridized carbons (Fsp3) is 0.125. The van der Waals surface area contributed by atoms with Crippen LogP contribution >= 0.6 is 15.9 Å². The summed E-state index contributed by atoms with van der Waals surface area (Å²) in [5.41, 5.74) is 4.77. The van der Waals surface area contributed by atoms with Crippen LogP contribution in [0.5, 0.6) is 0 Å². The molecule has 0 radical (unpaired) electrons. The summed E-state index contributed by atoms with van der Waals surface area (Å²) in [6.45, 7) is -0.572. The van der Waals surface area contributed by atoms with Crippen LogP contribution in [-0.4, -0.2) is 20.9 Å². The molecule has 88 valence electrons. The first-order chi connectivity index (χ1) is 7.33. The van der Waals surface area contributed by atoms with Gasteiger partial charge in [0.25, 0.3) is 0 Å². The number of hydrogen-bond acceptors (Lipinski definition) is 3. The molecule has 1 amide bonds. The van der Waals surface area contributed by atoms with Crippen LogP contribution in [0.1, 0.15) is 0 Å². The first kappa shape index (κ1) is 13.1. The lowest BCUT2D eigenvalue weighted by Gasteiger charge is -2.06. The monoisotopic (exact) mass is 310 g/mol. The Hall–Kier alpha value is -0.990. The van der Waals surface area contributed by atoms with Crippen LogP contribution in [0.3, 0.4) is 0 Å². The van der Waals surface area contributed by atoms with Crippen molar-refractivity contribution in [1.82, 2.24) is 4.72 Å². The second-order valence-corrected chi connectivity index (χ2v) is 5.52. The van der Waals surface area contributed by atoms with Gasteiger partial charge in [0.05, 0.1) is 6.54 Å². The molecule has 0 aliphatic rings. The Morgan fingerprint density at radius 1 is 1.50 bits per heavy atom. The van der Waals surface area contributed by atoms with Crippen molar-refractivity contribution in [1.29, 1.82) is 0 Å². The molecule has 1 aromatic rings. The molecule has 1 aromatic carbocycles. The zero-order valence-electron chi connectivity index (χ0n) is 7.91. The van der Waals surface area contributed by atoms with E-state index in [0.717, 1.165) is 12.1 Å². The van der Waals surface area contributed by atoms with Gasteiger partial charge < -0.3 is 5.73 Å². The molecular formula is C8H8BrFN2O3S. The summed E-state index contributed by atoms with van der Waals surface area (Å²) in [5.74, 6) is -1.76. The van der Waals surface area contributed by atoms with Crippen LogP contribution in [0.4, 0.5) is 4.39 Å². The first-order valence-electron chi connectivity index (χ1n) is 4.06. The third-order valence-electron chi connectivity index (χ3n) is 1.62. The molecule has 0 aliphatic heterocycles. The number of nitrogens with two attached hydrogens (primary N) is 1. The van der Waals surface area contributed by atoms with Crippen molar-refractivity contribution in [3.63, 3.8) is 0 Å². The summed E-state index contributed by atoms with van der Waals surface area (Å²) in [6, 6.07) is 3.48. The Morgan fingerprint density at radius 2 is 2.12 bits per heavy atom. The van der Waals surface area contributed by atoms with Gasteiger partial charge in [0.15, 0.2) is 0 Å². The van der Waals surface area contributed by atoms with E-state index in [4.69, 9.17) is 5.73 Å². The normalized spacial score (nSPS) is 11.4. The molecule has 0 aromatic heterocycles. The van der Waals surface area contributed by atoms with Crippen LogP contribution in [0, 0.1) is 5.82 Å². The quantitative estimate of drug-likeness (QED) is 0.841. The Morgan fingerprint density at radius 3 is 2.62 bits per heavy atom. The van der Waals surface area contributed by atoms with Gasteiger partial charge in [-0.3, -0.25) is 4.79 Å². The van der Waals surface area contributed by atoms with E-state index in [-0.39, 0.29) is 0 Å². The van der Waals surface area contributed by atoms with Gasteiger partial charge in [-0.15, -0.1) is 0 Å². The summed E-state index contributed by atoms with van der Waals surface area (Å²) in [4.78, 5) is 9.88. The summed E-state index contributed by atoms with van der Waals surface area (Å²) in [7, 11) is -4.05.